The summed E-state index contributed by atoms with van der Waals surface area (Å²) in [6, 6.07) is 5.71. The van der Waals surface area contributed by atoms with Gasteiger partial charge in [0.05, 0.1) is 10.0 Å². The summed E-state index contributed by atoms with van der Waals surface area (Å²) in [6.45, 7) is 1.80. The van der Waals surface area contributed by atoms with Gasteiger partial charge in [-0.2, -0.15) is 0 Å². The lowest BCUT2D eigenvalue weighted by atomic mass is 10.2. The normalized spacial score (nSPS) is 20.8. The first-order valence-corrected chi connectivity index (χ1v) is 6.59. The Morgan fingerprint density at radius 2 is 2.33 bits per heavy atom. The third-order valence-corrected chi connectivity index (χ3v) is 4.19. The Morgan fingerprint density at radius 3 is 3.07 bits per heavy atom. The summed E-state index contributed by atoms with van der Waals surface area (Å²) in [5.41, 5.74) is 1.37. The molecule has 0 aliphatic carbocycles. The van der Waals surface area contributed by atoms with Crippen LogP contribution in [0.2, 0.25) is 10.0 Å². The van der Waals surface area contributed by atoms with E-state index in [1.165, 1.54) is 0 Å². The van der Waals surface area contributed by atoms with Gasteiger partial charge in [-0.1, -0.05) is 35.3 Å². The largest absolute Gasteiger partial charge is 0.293 e. The second-order valence-corrected chi connectivity index (χ2v) is 5.30. The van der Waals surface area contributed by atoms with Gasteiger partial charge in [0.1, 0.15) is 5.50 Å². The third kappa shape index (κ3) is 3.02. The van der Waals surface area contributed by atoms with Crippen molar-refractivity contribution in [3.8, 4) is 0 Å². The number of hydrogen-bond acceptors (Lipinski definition) is 3. The molecule has 2 nitrogen and oxygen atoms in total. The molecule has 0 aromatic heterocycles. The Balaban J connectivity index is 1.95. The van der Waals surface area contributed by atoms with E-state index in [9.17, 15) is 0 Å². The fourth-order valence-electron chi connectivity index (χ4n) is 1.44. The molecule has 15 heavy (non-hydrogen) atoms. The highest BCUT2D eigenvalue weighted by Gasteiger charge is 2.14. The van der Waals surface area contributed by atoms with E-state index in [0.29, 0.717) is 15.5 Å². The number of benzene rings is 1. The summed E-state index contributed by atoms with van der Waals surface area (Å²) >= 11 is 13.9. The smallest absolute Gasteiger partial charge is 0.106 e. The highest BCUT2D eigenvalue weighted by Crippen LogP contribution is 2.25. The Bertz CT molecular complexity index is 340. The van der Waals surface area contributed by atoms with E-state index >= 15 is 0 Å². The van der Waals surface area contributed by atoms with Gasteiger partial charge in [0.15, 0.2) is 0 Å². The van der Waals surface area contributed by atoms with Gasteiger partial charge in [0.25, 0.3) is 0 Å². The lowest BCUT2D eigenvalue weighted by Gasteiger charge is -2.13. The van der Waals surface area contributed by atoms with Gasteiger partial charge in [-0.25, -0.2) is 0 Å². The van der Waals surface area contributed by atoms with E-state index in [1.54, 1.807) is 6.07 Å². The van der Waals surface area contributed by atoms with Crippen molar-refractivity contribution in [1.29, 1.82) is 0 Å². The molecule has 1 aliphatic heterocycles. The van der Waals surface area contributed by atoms with Crippen molar-refractivity contribution in [2.45, 2.75) is 12.0 Å². The number of rotatable bonds is 3. The average molecular weight is 263 g/mol. The zero-order valence-electron chi connectivity index (χ0n) is 8.09. The van der Waals surface area contributed by atoms with Crippen LogP contribution in [0, 0.1) is 0 Å². The van der Waals surface area contributed by atoms with Crippen LogP contribution in [0.4, 0.5) is 0 Å². The highest BCUT2D eigenvalue weighted by molar-refractivity contribution is 8.00. The van der Waals surface area contributed by atoms with Gasteiger partial charge in [0, 0.05) is 18.8 Å². The van der Waals surface area contributed by atoms with Crippen LogP contribution in [0.25, 0.3) is 0 Å². The molecule has 5 heteroatoms. The molecule has 0 amide bonds. The third-order valence-electron chi connectivity index (χ3n) is 2.23. The minimum absolute atomic E-state index is 0.333. The van der Waals surface area contributed by atoms with Gasteiger partial charge in [-0.15, -0.1) is 11.8 Å². The molecule has 1 aliphatic rings. The molecule has 0 radical (unpaired) electrons. The number of hydrogen-bond donors (Lipinski definition) is 2. The van der Waals surface area contributed by atoms with Crippen LogP contribution in [0.5, 0.6) is 0 Å². The molecule has 1 fully saturated rings. The van der Waals surface area contributed by atoms with Crippen LogP contribution in [0.15, 0.2) is 18.2 Å². The molecule has 1 heterocycles. The summed E-state index contributed by atoms with van der Waals surface area (Å²) in [6.07, 6.45) is 0. The Morgan fingerprint density at radius 1 is 1.47 bits per heavy atom. The first-order chi connectivity index (χ1) is 7.27. The van der Waals surface area contributed by atoms with Crippen molar-refractivity contribution in [1.82, 2.24) is 10.6 Å². The van der Waals surface area contributed by atoms with Crippen molar-refractivity contribution in [2.24, 2.45) is 0 Å². The average Bonchev–Trinajstić information content (AvgIpc) is 2.73. The van der Waals surface area contributed by atoms with Crippen LogP contribution in [0.1, 0.15) is 5.56 Å². The van der Waals surface area contributed by atoms with Crippen LogP contribution in [-0.2, 0) is 6.54 Å². The van der Waals surface area contributed by atoms with Gasteiger partial charge >= 0.3 is 0 Å². The SMILES string of the molecule is Clc1cccc(CNC2NCCS2)c1Cl. The second-order valence-electron chi connectivity index (χ2n) is 3.30. The molecule has 1 aromatic rings. The monoisotopic (exact) mass is 262 g/mol. The zero-order valence-corrected chi connectivity index (χ0v) is 10.4. The molecule has 1 aromatic carbocycles. The molecule has 0 bridgehead atoms. The fourth-order valence-corrected chi connectivity index (χ4v) is 2.74. The predicted octanol–water partition coefficient (Wildman–Crippen LogP) is 2.70. The minimum Gasteiger partial charge on any atom is -0.293 e. The van der Waals surface area contributed by atoms with Crippen LogP contribution in [-0.4, -0.2) is 17.8 Å². The van der Waals surface area contributed by atoms with Gasteiger partial charge in [0.2, 0.25) is 0 Å². The maximum Gasteiger partial charge on any atom is 0.106 e. The predicted molar refractivity (Wildman–Crippen MR) is 67.6 cm³/mol. The molecule has 82 valence electrons. The zero-order chi connectivity index (χ0) is 10.7. The summed E-state index contributed by atoms with van der Waals surface area (Å²) in [5, 5.41) is 7.97. The van der Waals surface area contributed by atoms with E-state index in [1.807, 2.05) is 23.9 Å². The first kappa shape index (κ1) is 11.6. The molecule has 1 saturated heterocycles. The van der Waals surface area contributed by atoms with Crippen molar-refractivity contribution in [2.75, 3.05) is 12.3 Å². The molecule has 1 atom stereocenters. The molecule has 2 rings (SSSR count). The summed E-state index contributed by atoms with van der Waals surface area (Å²) < 4.78 is 0. The number of nitrogens with one attached hydrogen (secondary N) is 2. The van der Waals surface area contributed by atoms with Crippen LogP contribution < -0.4 is 10.6 Å². The topological polar surface area (TPSA) is 24.1 Å². The summed E-state index contributed by atoms with van der Waals surface area (Å²) in [4.78, 5) is 0. The lowest BCUT2D eigenvalue weighted by molar-refractivity contribution is 0.579. The standard InChI is InChI=1S/C10H12Cl2N2S/c11-8-3-1-2-7(9(8)12)6-14-10-13-4-5-15-10/h1-3,10,13-14H,4-6H2. The Kier molecular flexibility index (Phi) is 4.17. The van der Waals surface area contributed by atoms with E-state index in [4.69, 9.17) is 23.2 Å². The van der Waals surface area contributed by atoms with Crippen molar-refractivity contribution in [3.05, 3.63) is 33.8 Å². The molecule has 2 N–H and O–H groups in total. The van der Waals surface area contributed by atoms with Crippen molar-refractivity contribution >= 4 is 35.0 Å². The molecule has 0 saturated carbocycles. The molecule has 1 unspecified atom stereocenters. The maximum absolute atomic E-state index is 6.08. The molecular formula is C10H12Cl2N2S. The van der Waals surface area contributed by atoms with E-state index in [0.717, 1.165) is 24.4 Å². The van der Waals surface area contributed by atoms with E-state index in [2.05, 4.69) is 10.6 Å². The summed E-state index contributed by atoms with van der Waals surface area (Å²) in [7, 11) is 0. The van der Waals surface area contributed by atoms with E-state index < -0.39 is 0 Å². The second kappa shape index (κ2) is 5.41. The van der Waals surface area contributed by atoms with Gasteiger partial charge in [-0.05, 0) is 11.6 Å². The minimum atomic E-state index is 0.333. The lowest BCUT2D eigenvalue weighted by Crippen LogP contribution is -2.34. The van der Waals surface area contributed by atoms with Crippen LogP contribution >= 0.6 is 35.0 Å². The van der Waals surface area contributed by atoms with Crippen molar-refractivity contribution in [3.63, 3.8) is 0 Å². The van der Waals surface area contributed by atoms with Gasteiger partial charge < -0.3 is 0 Å². The Hall–Kier alpha value is 0.0700. The van der Waals surface area contributed by atoms with Crippen LogP contribution in [0.3, 0.4) is 0 Å². The molecular weight excluding hydrogens is 251 g/mol. The van der Waals surface area contributed by atoms with E-state index in [-0.39, 0.29) is 0 Å². The quantitative estimate of drug-likeness (QED) is 0.876. The van der Waals surface area contributed by atoms with Crippen molar-refractivity contribution < 1.29 is 0 Å². The Labute approximate surface area is 104 Å². The summed E-state index contributed by atoms with van der Waals surface area (Å²) in [5.74, 6) is 1.15. The maximum atomic E-state index is 6.08. The number of thioether (sulfide) groups is 1. The highest BCUT2D eigenvalue weighted by atomic mass is 35.5. The fraction of sp³-hybridized carbons (Fsp3) is 0.400. The molecule has 0 spiro atoms. The number of halogens is 2. The first-order valence-electron chi connectivity index (χ1n) is 4.78. The van der Waals surface area contributed by atoms with Gasteiger partial charge in [-0.3, -0.25) is 10.6 Å².